The molecule has 4 nitrogen and oxygen atoms in total. The fourth-order valence-corrected chi connectivity index (χ4v) is 2.78. The summed E-state index contributed by atoms with van der Waals surface area (Å²) in [7, 11) is 0. The van der Waals surface area contributed by atoms with E-state index in [9.17, 15) is 9.90 Å². The van der Waals surface area contributed by atoms with Crippen molar-refractivity contribution < 1.29 is 9.90 Å². The SMILES string of the molecule is CSCC(C)(O)CNC(=O)NC(C)C(C)c1ccccc1. The topological polar surface area (TPSA) is 61.4 Å². The van der Waals surface area contributed by atoms with Crippen LogP contribution in [0, 0.1) is 0 Å². The van der Waals surface area contributed by atoms with Gasteiger partial charge in [-0.3, -0.25) is 0 Å². The average molecular weight is 310 g/mol. The first-order chi connectivity index (χ1) is 9.85. The molecule has 5 heteroatoms. The second kappa shape index (κ2) is 8.29. The zero-order valence-corrected chi connectivity index (χ0v) is 14.0. The number of amides is 2. The smallest absolute Gasteiger partial charge is 0.315 e. The Labute approximate surface area is 131 Å². The van der Waals surface area contributed by atoms with Gasteiger partial charge in [0.25, 0.3) is 0 Å². The van der Waals surface area contributed by atoms with Crippen molar-refractivity contribution in [2.45, 2.75) is 38.3 Å². The minimum absolute atomic E-state index is 0.0119. The van der Waals surface area contributed by atoms with Crippen LogP contribution in [0.3, 0.4) is 0 Å². The lowest BCUT2D eigenvalue weighted by atomic mass is 9.94. The van der Waals surface area contributed by atoms with Gasteiger partial charge in [0.15, 0.2) is 0 Å². The van der Waals surface area contributed by atoms with Crippen LogP contribution in [0.15, 0.2) is 30.3 Å². The van der Waals surface area contributed by atoms with Crippen molar-refractivity contribution in [2.24, 2.45) is 0 Å². The number of hydrogen-bond donors (Lipinski definition) is 3. The Balaban J connectivity index is 2.44. The lowest BCUT2D eigenvalue weighted by Gasteiger charge is -2.25. The van der Waals surface area contributed by atoms with E-state index in [0.29, 0.717) is 5.75 Å². The monoisotopic (exact) mass is 310 g/mol. The second-order valence-electron chi connectivity index (χ2n) is 5.75. The van der Waals surface area contributed by atoms with Gasteiger partial charge in [-0.05, 0) is 25.7 Å². The molecular weight excluding hydrogens is 284 g/mol. The lowest BCUT2D eigenvalue weighted by Crippen LogP contribution is -2.49. The summed E-state index contributed by atoms with van der Waals surface area (Å²) >= 11 is 1.55. The van der Waals surface area contributed by atoms with E-state index in [2.05, 4.69) is 29.7 Å². The number of aliphatic hydroxyl groups is 1. The minimum atomic E-state index is -0.884. The summed E-state index contributed by atoms with van der Waals surface area (Å²) in [6, 6.07) is 9.86. The number of carbonyl (C=O) groups excluding carboxylic acids is 1. The van der Waals surface area contributed by atoms with E-state index in [1.54, 1.807) is 18.7 Å². The first-order valence-electron chi connectivity index (χ1n) is 7.16. The summed E-state index contributed by atoms with van der Waals surface area (Å²) < 4.78 is 0. The van der Waals surface area contributed by atoms with Crippen LogP contribution < -0.4 is 10.6 Å². The Kier molecular flexibility index (Phi) is 7.05. The van der Waals surface area contributed by atoms with Crippen LogP contribution in [0.4, 0.5) is 4.79 Å². The molecule has 3 N–H and O–H groups in total. The first-order valence-corrected chi connectivity index (χ1v) is 8.56. The van der Waals surface area contributed by atoms with Crippen molar-refractivity contribution in [3.63, 3.8) is 0 Å². The third-order valence-electron chi connectivity index (χ3n) is 3.52. The van der Waals surface area contributed by atoms with E-state index < -0.39 is 5.60 Å². The van der Waals surface area contributed by atoms with Crippen molar-refractivity contribution in [3.05, 3.63) is 35.9 Å². The summed E-state index contributed by atoms with van der Waals surface area (Å²) in [4.78, 5) is 11.9. The van der Waals surface area contributed by atoms with Gasteiger partial charge >= 0.3 is 6.03 Å². The predicted octanol–water partition coefficient (Wildman–Crippen LogP) is 2.59. The standard InChI is InChI=1S/C16H26N2O2S/c1-12(14-8-6-5-7-9-14)13(2)18-15(19)17-10-16(3,20)11-21-4/h5-9,12-13,20H,10-11H2,1-4H3,(H2,17,18,19). The molecule has 3 unspecified atom stereocenters. The van der Waals surface area contributed by atoms with E-state index in [-0.39, 0.29) is 24.5 Å². The maximum atomic E-state index is 11.9. The summed E-state index contributed by atoms with van der Waals surface area (Å²) in [5.74, 6) is 0.812. The van der Waals surface area contributed by atoms with Crippen LogP contribution in [-0.4, -0.2) is 41.3 Å². The Morgan fingerprint density at radius 1 is 1.33 bits per heavy atom. The van der Waals surface area contributed by atoms with Crippen molar-refractivity contribution in [2.75, 3.05) is 18.6 Å². The molecule has 0 aliphatic rings. The molecule has 0 aromatic heterocycles. The fraction of sp³-hybridized carbons (Fsp3) is 0.562. The quantitative estimate of drug-likeness (QED) is 0.725. The largest absolute Gasteiger partial charge is 0.387 e. The van der Waals surface area contributed by atoms with Crippen LogP contribution >= 0.6 is 11.8 Å². The Bertz CT molecular complexity index is 437. The number of carbonyl (C=O) groups is 1. The zero-order valence-electron chi connectivity index (χ0n) is 13.2. The van der Waals surface area contributed by atoms with Gasteiger partial charge in [0, 0.05) is 24.3 Å². The third-order valence-corrected chi connectivity index (χ3v) is 4.43. The molecule has 0 aliphatic heterocycles. The van der Waals surface area contributed by atoms with Gasteiger partial charge in [0.2, 0.25) is 0 Å². The molecule has 0 heterocycles. The summed E-state index contributed by atoms with van der Waals surface area (Å²) in [5.41, 5.74) is 0.310. The Morgan fingerprint density at radius 2 is 1.95 bits per heavy atom. The molecule has 1 rings (SSSR count). The second-order valence-corrected chi connectivity index (χ2v) is 6.61. The van der Waals surface area contributed by atoms with E-state index in [4.69, 9.17) is 0 Å². The molecule has 0 aliphatic carbocycles. The van der Waals surface area contributed by atoms with Gasteiger partial charge < -0.3 is 15.7 Å². The molecule has 0 radical (unpaired) electrons. The molecule has 0 spiro atoms. The fourth-order valence-electron chi connectivity index (χ4n) is 2.06. The highest BCUT2D eigenvalue weighted by Gasteiger charge is 2.21. The first kappa shape index (κ1) is 17.9. The van der Waals surface area contributed by atoms with E-state index in [1.165, 1.54) is 5.56 Å². The maximum Gasteiger partial charge on any atom is 0.315 e. The number of hydrogen-bond acceptors (Lipinski definition) is 3. The third kappa shape index (κ3) is 6.40. The normalized spacial score (nSPS) is 16.6. The molecule has 1 aromatic rings. The van der Waals surface area contributed by atoms with Crippen molar-refractivity contribution in [3.8, 4) is 0 Å². The number of benzene rings is 1. The molecule has 0 bridgehead atoms. The van der Waals surface area contributed by atoms with Crippen LogP contribution in [0.1, 0.15) is 32.3 Å². The van der Waals surface area contributed by atoms with Crippen molar-refractivity contribution in [1.82, 2.24) is 10.6 Å². The number of urea groups is 1. The number of thioether (sulfide) groups is 1. The van der Waals surface area contributed by atoms with Gasteiger partial charge in [-0.2, -0.15) is 11.8 Å². The van der Waals surface area contributed by atoms with Crippen molar-refractivity contribution in [1.29, 1.82) is 0 Å². The number of rotatable bonds is 7. The zero-order chi connectivity index (χ0) is 15.9. The molecule has 21 heavy (non-hydrogen) atoms. The Morgan fingerprint density at radius 3 is 2.52 bits per heavy atom. The summed E-state index contributed by atoms with van der Waals surface area (Å²) in [5, 5.41) is 15.7. The molecular formula is C16H26N2O2S. The van der Waals surface area contributed by atoms with Crippen LogP contribution in [-0.2, 0) is 0 Å². The minimum Gasteiger partial charge on any atom is -0.387 e. The van der Waals surface area contributed by atoms with Gasteiger partial charge in [-0.1, -0.05) is 37.3 Å². The van der Waals surface area contributed by atoms with Crippen molar-refractivity contribution >= 4 is 17.8 Å². The predicted molar refractivity (Wildman–Crippen MR) is 89.9 cm³/mol. The number of nitrogens with one attached hydrogen (secondary N) is 2. The maximum absolute atomic E-state index is 11.9. The molecule has 118 valence electrons. The van der Waals surface area contributed by atoms with Gasteiger partial charge in [0.1, 0.15) is 0 Å². The molecule has 3 atom stereocenters. The molecule has 2 amide bonds. The highest BCUT2D eigenvalue weighted by molar-refractivity contribution is 7.98. The molecule has 0 saturated heterocycles. The van der Waals surface area contributed by atoms with Gasteiger partial charge in [0.05, 0.1) is 5.60 Å². The van der Waals surface area contributed by atoms with E-state index >= 15 is 0 Å². The highest BCUT2D eigenvalue weighted by atomic mass is 32.2. The molecule has 0 fully saturated rings. The van der Waals surface area contributed by atoms with E-state index in [0.717, 1.165) is 0 Å². The van der Waals surface area contributed by atoms with Gasteiger partial charge in [-0.25, -0.2) is 4.79 Å². The molecule has 0 saturated carbocycles. The molecule has 1 aromatic carbocycles. The summed E-state index contributed by atoms with van der Waals surface area (Å²) in [6.07, 6.45) is 1.93. The lowest BCUT2D eigenvalue weighted by molar-refractivity contribution is 0.0867. The van der Waals surface area contributed by atoms with E-state index in [1.807, 2.05) is 31.4 Å². The van der Waals surface area contributed by atoms with Crippen LogP contribution in [0.5, 0.6) is 0 Å². The van der Waals surface area contributed by atoms with Crippen LogP contribution in [0.2, 0.25) is 0 Å². The average Bonchev–Trinajstić information content (AvgIpc) is 2.45. The highest BCUT2D eigenvalue weighted by Crippen LogP contribution is 2.18. The Hall–Kier alpha value is -1.20. The summed E-state index contributed by atoms with van der Waals surface area (Å²) in [6.45, 7) is 6.04. The van der Waals surface area contributed by atoms with Gasteiger partial charge in [-0.15, -0.1) is 0 Å². The van der Waals surface area contributed by atoms with Crippen LogP contribution in [0.25, 0.3) is 0 Å².